The van der Waals surface area contributed by atoms with Gasteiger partial charge in [0.25, 0.3) is 11.5 Å². The van der Waals surface area contributed by atoms with E-state index >= 15 is 0 Å². The number of amides is 1. The lowest BCUT2D eigenvalue weighted by Gasteiger charge is -2.13. The van der Waals surface area contributed by atoms with E-state index in [9.17, 15) is 9.59 Å². The quantitative estimate of drug-likeness (QED) is 0.809. The number of nitrogens with zero attached hydrogens (tertiary/aromatic N) is 1. The molecule has 0 saturated heterocycles. The van der Waals surface area contributed by atoms with Gasteiger partial charge in [0.2, 0.25) is 0 Å². The summed E-state index contributed by atoms with van der Waals surface area (Å²) in [7, 11) is 0. The maximum Gasteiger partial charge on any atom is 0.271 e. The Hall–Kier alpha value is -1.17. The Morgan fingerprint density at radius 1 is 1.56 bits per heavy atom. The molecule has 0 aromatic carbocycles. The van der Waals surface area contributed by atoms with Gasteiger partial charge in [-0.3, -0.25) is 9.59 Å². The number of aromatic amines is 1. The van der Waals surface area contributed by atoms with Gasteiger partial charge in [0.05, 0.1) is 0 Å². The first kappa shape index (κ1) is 12.9. The highest BCUT2D eigenvalue weighted by molar-refractivity contribution is 9.09. The Morgan fingerprint density at radius 3 is 2.75 bits per heavy atom. The average Bonchev–Trinajstić information content (AvgIpc) is 2.26. The fourth-order valence-electron chi connectivity index (χ4n) is 0.987. The molecule has 1 unspecified atom stereocenters. The van der Waals surface area contributed by atoms with E-state index in [-0.39, 0.29) is 22.0 Å². The third kappa shape index (κ3) is 3.77. The van der Waals surface area contributed by atoms with Crippen molar-refractivity contribution in [2.45, 2.75) is 18.7 Å². The van der Waals surface area contributed by atoms with E-state index in [2.05, 4.69) is 45.3 Å². The van der Waals surface area contributed by atoms with Gasteiger partial charge in [-0.25, -0.2) is 5.10 Å². The zero-order valence-electron chi connectivity index (χ0n) is 9.16. The second kappa shape index (κ2) is 5.79. The number of hydrogen-bond donors (Lipinski definition) is 2. The van der Waals surface area contributed by atoms with Crippen LogP contribution in [0.15, 0.2) is 16.9 Å². The molecule has 0 aliphatic rings. The minimum atomic E-state index is -0.322. The maximum atomic E-state index is 11.6. The van der Waals surface area contributed by atoms with Crippen LogP contribution in [0, 0.1) is 5.92 Å². The van der Waals surface area contributed by atoms with Gasteiger partial charge < -0.3 is 5.32 Å². The van der Waals surface area contributed by atoms with Crippen molar-refractivity contribution < 1.29 is 4.79 Å². The van der Waals surface area contributed by atoms with Crippen molar-refractivity contribution in [2.24, 2.45) is 5.92 Å². The fourth-order valence-corrected chi connectivity index (χ4v) is 1.15. The number of H-pyrrole nitrogens is 1. The van der Waals surface area contributed by atoms with Crippen molar-refractivity contribution in [3.05, 3.63) is 28.2 Å². The lowest BCUT2D eigenvalue weighted by molar-refractivity contribution is 0.0947. The zero-order chi connectivity index (χ0) is 12.1. The Kier molecular flexibility index (Phi) is 4.67. The third-order valence-electron chi connectivity index (χ3n) is 2.09. The van der Waals surface area contributed by atoms with Crippen LogP contribution in [-0.2, 0) is 0 Å². The topological polar surface area (TPSA) is 74.8 Å². The summed E-state index contributed by atoms with van der Waals surface area (Å²) in [6, 6.07) is 2.67. The molecule has 1 heterocycles. The van der Waals surface area contributed by atoms with Crippen LogP contribution in [0.25, 0.3) is 0 Å². The van der Waals surface area contributed by atoms with E-state index in [4.69, 9.17) is 0 Å². The predicted molar refractivity (Wildman–Crippen MR) is 64.7 cm³/mol. The molecule has 1 aromatic heterocycles. The van der Waals surface area contributed by atoms with Gasteiger partial charge in [-0.1, -0.05) is 29.8 Å². The van der Waals surface area contributed by atoms with Gasteiger partial charge in [-0.2, -0.15) is 5.10 Å². The molecule has 1 amide bonds. The second-order valence-electron chi connectivity index (χ2n) is 3.78. The highest BCUT2D eigenvalue weighted by Crippen LogP contribution is 2.10. The van der Waals surface area contributed by atoms with Gasteiger partial charge in [0, 0.05) is 17.4 Å². The van der Waals surface area contributed by atoms with Crippen LogP contribution in [0.4, 0.5) is 0 Å². The molecular formula is C10H14BrN3O2. The molecule has 0 saturated carbocycles. The SMILES string of the molecule is CC(C)C(Br)CNC(=O)c1ccc(=O)[nH]n1. The lowest BCUT2D eigenvalue weighted by atomic mass is 10.1. The van der Waals surface area contributed by atoms with Crippen LogP contribution in [0.1, 0.15) is 24.3 Å². The average molecular weight is 288 g/mol. The molecule has 1 rings (SSSR count). The Morgan fingerprint density at radius 2 is 2.25 bits per heavy atom. The number of hydrogen-bond acceptors (Lipinski definition) is 3. The number of halogens is 1. The Labute approximate surface area is 102 Å². The van der Waals surface area contributed by atoms with E-state index in [1.807, 2.05) is 0 Å². The van der Waals surface area contributed by atoms with Crippen LogP contribution in [-0.4, -0.2) is 27.5 Å². The largest absolute Gasteiger partial charge is 0.350 e. The molecule has 0 fully saturated rings. The summed E-state index contributed by atoms with van der Waals surface area (Å²) in [5.41, 5.74) is -0.111. The van der Waals surface area contributed by atoms with Crippen LogP contribution in [0.5, 0.6) is 0 Å². The number of carbonyl (C=O) groups excluding carboxylic acids is 1. The van der Waals surface area contributed by atoms with Crippen LogP contribution in [0.3, 0.4) is 0 Å². The molecule has 6 heteroatoms. The molecule has 88 valence electrons. The van der Waals surface area contributed by atoms with Crippen molar-refractivity contribution in [3.8, 4) is 0 Å². The highest BCUT2D eigenvalue weighted by Gasteiger charge is 2.12. The van der Waals surface area contributed by atoms with E-state index in [0.29, 0.717) is 12.5 Å². The number of nitrogens with one attached hydrogen (secondary N) is 2. The van der Waals surface area contributed by atoms with Gasteiger partial charge in [0.1, 0.15) is 5.69 Å². The molecule has 0 radical (unpaired) electrons. The summed E-state index contributed by atoms with van der Waals surface area (Å²) < 4.78 is 0. The predicted octanol–water partition coefficient (Wildman–Crippen LogP) is 0.919. The molecule has 1 atom stereocenters. The van der Waals surface area contributed by atoms with Crippen LogP contribution in [0.2, 0.25) is 0 Å². The van der Waals surface area contributed by atoms with Gasteiger partial charge >= 0.3 is 0 Å². The Bertz CT molecular complexity index is 396. The van der Waals surface area contributed by atoms with Crippen LogP contribution < -0.4 is 10.9 Å². The molecule has 0 spiro atoms. The first-order chi connectivity index (χ1) is 7.50. The minimum absolute atomic E-state index is 0.211. The highest BCUT2D eigenvalue weighted by atomic mass is 79.9. The van der Waals surface area contributed by atoms with Crippen molar-refractivity contribution in [1.82, 2.24) is 15.5 Å². The third-order valence-corrected chi connectivity index (χ3v) is 3.47. The number of rotatable bonds is 4. The summed E-state index contributed by atoms with van der Waals surface area (Å²) >= 11 is 3.46. The van der Waals surface area contributed by atoms with Crippen molar-refractivity contribution in [1.29, 1.82) is 0 Å². The summed E-state index contributed by atoms with van der Waals surface area (Å²) in [6.45, 7) is 4.64. The van der Waals surface area contributed by atoms with Gasteiger partial charge in [0.15, 0.2) is 0 Å². The lowest BCUT2D eigenvalue weighted by Crippen LogP contribution is -2.32. The standard InChI is InChI=1S/C10H14BrN3O2/c1-6(2)7(11)5-12-10(16)8-3-4-9(15)14-13-8/h3-4,6-7H,5H2,1-2H3,(H,12,16)(H,14,15). The molecular weight excluding hydrogens is 274 g/mol. The van der Waals surface area contributed by atoms with E-state index in [1.54, 1.807) is 0 Å². The first-order valence-corrected chi connectivity index (χ1v) is 5.90. The summed E-state index contributed by atoms with van der Waals surface area (Å²) in [5.74, 6) is 0.144. The second-order valence-corrected chi connectivity index (χ2v) is 4.95. The normalized spacial score (nSPS) is 12.5. The summed E-state index contributed by atoms with van der Waals surface area (Å²) in [5, 5.41) is 8.58. The number of carbonyl (C=O) groups is 1. The van der Waals surface area contributed by atoms with Gasteiger partial charge in [-0.15, -0.1) is 0 Å². The fraction of sp³-hybridized carbons (Fsp3) is 0.500. The zero-order valence-corrected chi connectivity index (χ0v) is 10.7. The molecule has 5 nitrogen and oxygen atoms in total. The first-order valence-electron chi connectivity index (χ1n) is 4.98. The molecule has 2 N–H and O–H groups in total. The molecule has 0 aliphatic carbocycles. The number of alkyl halides is 1. The molecule has 0 bridgehead atoms. The maximum absolute atomic E-state index is 11.6. The van der Waals surface area contributed by atoms with Crippen molar-refractivity contribution in [3.63, 3.8) is 0 Å². The smallest absolute Gasteiger partial charge is 0.271 e. The van der Waals surface area contributed by atoms with E-state index in [1.165, 1.54) is 12.1 Å². The van der Waals surface area contributed by atoms with Crippen molar-refractivity contribution in [2.75, 3.05) is 6.54 Å². The Balaban J connectivity index is 2.53. The van der Waals surface area contributed by atoms with Gasteiger partial charge in [-0.05, 0) is 12.0 Å². The molecule has 1 aromatic rings. The molecule has 16 heavy (non-hydrogen) atoms. The van der Waals surface area contributed by atoms with Crippen LogP contribution >= 0.6 is 15.9 Å². The summed E-state index contributed by atoms with van der Waals surface area (Å²) in [6.07, 6.45) is 0. The number of aromatic nitrogens is 2. The monoisotopic (exact) mass is 287 g/mol. The minimum Gasteiger partial charge on any atom is -0.350 e. The van der Waals surface area contributed by atoms with E-state index < -0.39 is 0 Å². The molecule has 0 aliphatic heterocycles. The summed E-state index contributed by atoms with van der Waals surface area (Å²) in [4.78, 5) is 22.5. The van der Waals surface area contributed by atoms with E-state index in [0.717, 1.165) is 0 Å². The van der Waals surface area contributed by atoms with Crippen molar-refractivity contribution >= 4 is 21.8 Å².